The SMILES string of the molecule is CN=C(NCCOc1ccc(S(C)(=O)=O)cc1)NCCc1ccc(Cl)nc1.I. The van der Waals surface area contributed by atoms with E-state index in [0.29, 0.717) is 36.6 Å². The molecule has 0 atom stereocenters. The summed E-state index contributed by atoms with van der Waals surface area (Å²) in [6, 6.07) is 10.1. The fourth-order valence-electron chi connectivity index (χ4n) is 2.22. The molecular formula is C18H24ClIN4O3S. The highest BCUT2D eigenvalue weighted by molar-refractivity contribution is 14.0. The van der Waals surface area contributed by atoms with Crippen LogP contribution in [0.25, 0.3) is 0 Å². The molecule has 7 nitrogen and oxygen atoms in total. The lowest BCUT2D eigenvalue weighted by Crippen LogP contribution is -2.40. The molecule has 0 spiro atoms. The molecule has 1 heterocycles. The summed E-state index contributed by atoms with van der Waals surface area (Å²) in [6.07, 6.45) is 3.73. The molecule has 0 aliphatic rings. The second-order valence-corrected chi connectivity index (χ2v) is 8.16. The lowest BCUT2D eigenvalue weighted by Gasteiger charge is -2.12. The molecular weight excluding hydrogens is 515 g/mol. The van der Waals surface area contributed by atoms with Crippen LogP contribution in [0.5, 0.6) is 5.75 Å². The molecule has 0 amide bonds. The Morgan fingerprint density at radius 2 is 1.82 bits per heavy atom. The summed E-state index contributed by atoms with van der Waals surface area (Å²) in [5.74, 6) is 1.29. The highest BCUT2D eigenvalue weighted by Gasteiger charge is 2.06. The van der Waals surface area contributed by atoms with Crippen LogP contribution in [0.3, 0.4) is 0 Å². The number of benzene rings is 1. The lowest BCUT2D eigenvalue weighted by atomic mass is 10.2. The van der Waals surface area contributed by atoms with E-state index >= 15 is 0 Å². The maximum absolute atomic E-state index is 11.4. The van der Waals surface area contributed by atoms with Gasteiger partial charge in [-0.3, -0.25) is 4.99 Å². The highest BCUT2D eigenvalue weighted by Crippen LogP contribution is 2.15. The molecule has 28 heavy (non-hydrogen) atoms. The molecule has 154 valence electrons. The van der Waals surface area contributed by atoms with Gasteiger partial charge >= 0.3 is 0 Å². The first-order valence-corrected chi connectivity index (χ1v) is 10.6. The van der Waals surface area contributed by atoms with Crippen molar-refractivity contribution in [2.45, 2.75) is 11.3 Å². The minimum absolute atomic E-state index is 0. The first-order valence-electron chi connectivity index (χ1n) is 8.36. The van der Waals surface area contributed by atoms with E-state index < -0.39 is 9.84 Å². The fraction of sp³-hybridized carbons (Fsp3) is 0.333. The number of rotatable bonds is 8. The van der Waals surface area contributed by atoms with E-state index in [4.69, 9.17) is 16.3 Å². The van der Waals surface area contributed by atoms with Crippen molar-refractivity contribution < 1.29 is 13.2 Å². The van der Waals surface area contributed by atoms with Gasteiger partial charge in [0.25, 0.3) is 0 Å². The van der Waals surface area contributed by atoms with Gasteiger partial charge in [-0.2, -0.15) is 0 Å². The van der Waals surface area contributed by atoms with Crippen molar-refractivity contribution in [3.63, 3.8) is 0 Å². The zero-order valence-corrected chi connectivity index (χ0v) is 19.6. The molecule has 0 fully saturated rings. The van der Waals surface area contributed by atoms with Crippen molar-refractivity contribution in [1.29, 1.82) is 0 Å². The smallest absolute Gasteiger partial charge is 0.191 e. The van der Waals surface area contributed by atoms with Gasteiger partial charge in [0.05, 0.1) is 11.4 Å². The lowest BCUT2D eigenvalue weighted by molar-refractivity contribution is 0.321. The van der Waals surface area contributed by atoms with Gasteiger partial charge in [0, 0.05) is 26.0 Å². The molecule has 0 bridgehead atoms. The van der Waals surface area contributed by atoms with Gasteiger partial charge in [-0.25, -0.2) is 13.4 Å². The van der Waals surface area contributed by atoms with E-state index in [0.717, 1.165) is 12.0 Å². The molecule has 0 unspecified atom stereocenters. The number of nitrogens with one attached hydrogen (secondary N) is 2. The van der Waals surface area contributed by atoms with Crippen molar-refractivity contribution >= 4 is 51.4 Å². The second kappa shape index (κ2) is 12.1. The van der Waals surface area contributed by atoms with Crippen LogP contribution in [-0.2, 0) is 16.3 Å². The average molecular weight is 539 g/mol. The summed E-state index contributed by atoms with van der Waals surface area (Å²) in [4.78, 5) is 8.47. The van der Waals surface area contributed by atoms with Crippen molar-refractivity contribution in [3.8, 4) is 5.75 Å². The molecule has 1 aromatic carbocycles. The summed E-state index contributed by atoms with van der Waals surface area (Å²) in [5.41, 5.74) is 1.09. The Kier molecular flexibility index (Phi) is 10.5. The van der Waals surface area contributed by atoms with Crippen LogP contribution >= 0.6 is 35.6 Å². The third kappa shape index (κ3) is 8.61. The number of pyridine rings is 1. The van der Waals surface area contributed by atoms with Crippen LogP contribution < -0.4 is 15.4 Å². The Bertz CT molecular complexity index is 859. The predicted octanol–water partition coefficient (Wildman–Crippen LogP) is 2.54. The van der Waals surface area contributed by atoms with Crippen molar-refractivity contribution in [2.75, 3.05) is 33.0 Å². The second-order valence-electron chi connectivity index (χ2n) is 5.76. The Hall–Kier alpha value is -1.59. The Morgan fingerprint density at radius 3 is 2.39 bits per heavy atom. The van der Waals surface area contributed by atoms with Gasteiger partial charge in [0.15, 0.2) is 15.8 Å². The van der Waals surface area contributed by atoms with Crippen LogP contribution in [0.2, 0.25) is 5.15 Å². The van der Waals surface area contributed by atoms with Crippen LogP contribution in [-0.4, -0.2) is 52.4 Å². The summed E-state index contributed by atoms with van der Waals surface area (Å²) in [6.45, 7) is 1.67. The monoisotopic (exact) mass is 538 g/mol. The fourth-order valence-corrected chi connectivity index (χ4v) is 2.96. The van der Waals surface area contributed by atoms with Crippen molar-refractivity contribution in [1.82, 2.24) is 15.6 Å². The molecule has 2 N–H and O–H groups in total. The summed E-state index contributed by atoms with van der Waals surface area (Å²) in [7, 11) is -1.49. The number of ether oxygens (including phenoxy) is 1. The minimum Gasteiger partial charge on any atom is -0.492 e. The van der Waals surface area contributed by atoms with Crippen molar-refractivity contribution in [2.24, 2.45) is 4.99 Å². The number of hydrogen-bond donors (Lipinski definition) is 2. The average Bonchev–Trinajstić information content (AvgIpc) is 2.65. The van der Waals surface area contributed by atoms with Gasteiger partial charge in [-0.05, 0) is 42.3 Å². The number of aliphatic imine (C=N–C) groups is 1. The van der Waals surface area contributed by atoms with E-state index in [2.05, 4.69) is 20.6 Å². The maximum atomic E-state index is 11.4. The van der Waals surface area contributed by atoms with Crippen LogP contribution in [0.1, 0.15) is 5.56 Å². The molecule has 2 rings (SSSR count). The molecule has 2 aromatic rings. The number of nitrogens with zero attached hydrogens (tertiary/aromatic N) is 2. The molecule has 0 aliphatic carbocycles. The number of halogens is 2. The van der Waals surface area contributed by atoms with E-state index in [9.17, 15) is 8.42 Å². The molecule has 0 radical (unpaired) electrons. The number of sulfone groups is 1. The van der Waals surface area contributed by atoms with Gasteiger partial charge in [0.1, 0.15) is 17.5 Å². The molecule has 1 aromatic heterocycles. The Morgan fingerprint density at radius 1 is 1.14 bits per heavy atom. The molecule has 0 saturated carbocycles. The van der Waals surface area contributed by atoms with Gasteiger partial charge < -0.3 is 15.4 Å². The van der Waals surface area contributed by atoms with Gasteiger partial charge in [-0.1, -0.05) is 17.7 Å². The first kappa shape index (κ1) is 24.4. The van der Waals surface area contributed by atoms with Gasteiger partial charge in [0.2, 0.25) is 0 Å². The zero-order chi connectivity index (χ0) is 19.7. The molecule has 0 saturated heterocycles. The van der Waals surface area contributed by atoms with Crippen molar-refractivity contribution in [3.05, 3.63) is 53.3 Å². The highest BCUT2D eigenvalue weighted by atomic mass is 127. The quantitative estimate of drug-likeness (QED) is 0.176. The zero-order valence-electron chi connectivity index (χ0n) is 15.7. The Balaban J connectivity index is 0.00000392. The largest absolute Gasteiger partial charge is 0.492 e. The van der Waals surface area contributed by atoms with Crippen LogP contribution in [0.15, 0.2) is 52.5 Å². The normalized spacial score (nSPS) is 11.5. The number of aromatic nitrogens is 1. The predicted molar refractivity (Wildman–Crippen MR) is 123 cm³/mol. The molecule has 10 heteroatoms. The summed E-state index contributed by atoms with van der Waals surface area (Å²) >= 11 is 5.77. The number of guanidine groups is 1. The maximum Gasteiger partial charge on any atom is 0.191 e. The van der Waals surface area contributed by atoms with E-state index in [1.807, 2.05) is 6.07 Å². The van der Waals surface area contributed by atoms with Crippen LogP contribution in [0.4, 0.5) is 0 Å². The molecule has 0 aliphatic heterocycles. The minimum atomic E-state index is -3.19. The van der Waals surface area contributed by atoms with Crippen LogP contribution in [0, 0.1) is 0 Å². The third-order valence-corrected chi connectivity index (χ3v) is 4.99. The number of hydrogen-bond acceptors (Lipinski definition) is 5. The topological polar surface area (TPSA) is 92.7 Å². The van der Waals surface area contributed by atoms with E-state index in [-0.39, 0.29) is 28.9 Å². The standard InChI is InChI=1S/C18H23ClN4O3S.HI/c1-20-18(21-10-9-14-3-8-17(19)23-13-14)22-11-12-26-15-4-6-16(7-5-15)27(2,24)25;/h3-8,13H,9-12H2,1-2H3,(H2,20,21,22);1H. The summed E-state index contributed by atoms with van der Waals surface area (Å²) in [5, 5.41) is 6.84. The third-order valence-electron chi connectivity index (χ3n) is 3.63. The van der Waals surface area contributed by atoms with E-state index in [1.165, 1.54) is 18.4 Å². The first-order chi connectivity index (χ1) is 12.9. The summed E-state index contributed by atoms with van der Waals surface area (Å²) < 4.78 is 28.4. The van der Waals surface area contributed by atoms with E-state index in [1.54, 1.807) is 31.4 Å². The Labute approximate surface area is 187 Å². The van der Waals surface area contributed by atoms with Gasteiger partial charge in [-0.15, -0.1) is 24.0 Å².